The lowest BCUT2D eigenvalue weighted by molar-refractivity contribution is -0.119. The quantitative estimate of drug-likeness (QED) is 0.842. The maximum absolute atomic E-state index is 10.6. The van der Waals surface area contributed by atoms with E-state index in [1.165, 1.54) is 0 Å². The fourth-order valence-electron chi connectivity index (χ4n) is 1.42. The van der Waals surface area contributed by atoms with E-state index in [0.29, 0.717) is 5.75 Å². The zero-order valence-electron chi connectivity index (χ0n) is 9.38. The lowest BCUT2D eigenvalue weighted by atomic mass is 10.1. The summed E-state index contributed by atoms with van der Waals surface area (Å²) >= 11 is 0. The Kier molecular flexibility index (Phi) is 3.09. The van der Waals surface area contributed by atoms with E-state index >= 15 is 0 Å². The third-order valence-corrected chi connectivity index (χ3v) is 2.18. The van der Waals surface area contributed by atoms with Gasteiger partial charge in [0.2, 0.25) is 0 Å². The van der Waals surface area contributed by atoms with Crippen molar-refractivity contribution < 1.29 is 9.53 Å². The van der Waals surface area contributed by atoms with Crippen LogP contribution in [-0.2, 0) is 11.8 Å². The predicted molar refractivity (Wildman–Crippen MR) is 62.2 cm³/mol. The number of rotatable bonds is 4. The largest absolute Gasteiger partial charge is 0.484 e. The van der Waals surface area contributed by atoms with Crippen molar-refractivity contribution in [3.05, 3.63) is 36.7 Å². The molecule has 2 rings (SSSR count). The van der Waals surface area contributed by atoms with Crippen LogP contribution in [0.15, 0.2) is 30.6 Å². The molecule has 0 bridgehead atoms. The smallest absolute Gasteiger partial charge is 0.255 e. The summed E-state index contributed by atoms with van der Waals surface area (Å²) in [7, 11) is 1.85. The Bertz CT molecular complexity index is 534. The van der Waals surface area contributed by atoms with Crippen molar-refractivity contribution in [3.63, 3.8) is 0 Å². The summed E-state index contributed by atoms with van der Waals surface area (Å²) in [4.78, 5) is 10.6. The summed E-state index contributed by atoms with van der Waals surface area (Å²) in [5, 5.41) is 4.08. The SMILES string of the molecule is Cn1cc(-c2c[c]cc(OCC(N)=O)c2)cn1. The Morgan fingerprint density at radius 3 is 3.00 bits per heavy atom. The number of aryl methyl sites for hydroxylation is 1. The van der Waals surface area contributed by atoms with Crippen molar-refractivity contribution in [1.82, 2.24) is 9.78 Å². The van der Waals surface area contributed by atoms with Crippen molar-refractivity contribution in [2.24, 2.45) is 12.8 Å². The Labute approximate surface area is 98.8 Å². The number of hydrogen-bond acceptors (Lipinski definition) is 3. The Morgan fingerprint density at radius 1 is 1.53 bits per heavy atom. The summed E-state index contributed by atoms with van der Waals surface area (Å²) in [6.45, 7) is -0.135. The van der Waals surface area contributed by atoms with E-state index in [2.05, 4.69) is 11.2 Å². The average Bonchev–Trinajstić information content (AvgIpc) is 2.74. The maximum Gasteiger partial charge on any atom is 0.255 e. The van der Waals surface area contributed by atoms with E-state index in [1.807, 2.05) is 25.4 Å². The number of carbonyl (C=O) groups is 1. The molecule has 2 N–H and O–H groups in total. The minimum Gasteiger partial charge on any atom is -0.484 e. The normalized spacial score (nSPS) is 10.2. The van der Waals surface area contributed by atoms with E-state index in [1.54, 1.807) is 16.9 Å². The standard InChI is InChI=1S/C12H12N3O2/c1-15-7-10(6-14-15)9-3-2-4-11(5-9)17-8-12(13)16/h3-7H,8H2,1H3,(H2,13,16). The van der Waals surface area contributed by atoms with E-state index in [4.69, 9.17) is 10.5 Å². The number of aromatic nitrogens is 2. The first-order valence-electron chi connectivity index (χ1n) is 5.06. The fourth-order valence-corrected chi connectivity index (χ4v) is 1.42. The molecular weight excluding hydrogens is 218 g/mol. The number of carbonyl (C=O) groups excluding carboxylic acids is 1. The van der Waals surface area contributed by atoms with Gasteiger partial charge in [-0.2, -0.15) is 5.10 Å². The molecule has 0 unspecified atom stereocenters. The molecule has 0 atom stereocenters. The Hall–Kier alpha value is -2.30. The molecule has 1 aromatic carbocycles. The van der Waals surface area contributed by atoms with Gasteiger partial charge in [-0.25, -0.2) is 0 Å². The molecule has 0 fully saturated rings. The maximum atomic E-state index is 10.6. The van der Waals surface area contributed by atoms with Gasteiger partial charge in [-0.3, -0.25) is 9.48 Å². The molecule has 17 heavy (non-hydrogen) atoms. The molecule has 0 aliphatic rings. The second-order valence-corrected chi connectivity index (χ2v) is 3.62. The lowest BCUT2D eigenvalue weighted by Gasteiger charge is -2.04. The summed E-state index contributed by atoms with van der Waals surface area (Å²) in [5.74, 6) is 0.0573. The molecule has 0 aliphatic carbocycles. The first kappa shape index (κ1) is 11.2. The molecule has 1 radical (unpaired) electrons. The highest BCUT2D eigenvalue weighted by Crippen LogP contribution is 2.22. The molecule has 2 aromatic rings. The van der Waals surface area contributed by atoms with Crippen LogP contribution < -0.4 is 10.5 Å². The highest BCUT2D eigenvalue weighted by atomic mass is 16.5. The summed E-state index contributed by atoms with van der Waals surface area (Å²) in [5.41, 5.74) is 6.90. The monoisotopic (exact) mass is 230 g/mol. The van der Waals surface area contributed by atoms with Gasteiger partial charge in [0.25, 0.3) is 5.91 Å². The number of benzene rings is 1. The molecular formula is C12H12N3O2. The zero-order valence-corrected chi connectivity index (χ0v) is 9.38. The highest BCUT2D eigenvalue weighted by molar-refractivity contribution is 5.75. The molecule has 0 spiro atoms. The highest BCUT2D eigenvalue weighted by Gasteiger charge is 2.03. The van der Waals surface area contributed by atoms with Crippen LogP contribution in [0.5, 0.6) is 5.75 Å². The third kappa shape index (κ3) is 2.84. The van der Waals surface area contributed by atoms with Gasteiger partial charge in [-0.1, -0.05) is 0 Å². The van der Waals surface area contributed by atoms with Crippen LogP contribution in [-0.4, -0.2) is 22.3 Å². The minimum atomic E-state index is -0.503. The van der Waals surface area contributed by atoms with Gasteiger partial charge in [0.15, 0.2) is 6.61 Å². The van der Waals surface area contributed by atoms with Crippen LogP contribution >= 0.6 is 0 Å². The van der Waals surface area contributed by atoms with E-state index in [9.17, 15) is 4.79 Å². The Morgan fingerprint density at radius 2 is 2.35 bits per heavy atom. The number of nitrogens with two attached hydrogens (primary N) is 1. The lowest BCUT2D eigenvalue weighted by Crippen LogP contribution is -2.19. The van der Waals surface area contributed by atoms with Crippen LogP contribution in [0.3, 0.4) is 0 Å². The van der Waals surface area contributed by atoms with E-state index < -0.39 is 5.91 Å². The number of hydrogen-bond donors (Lipinski definition) is 1. The predicted octanol–water partition coefficient (Wildman–Crippen LogP) is 0.751. The molecule has 87 valence electrons. The molecule has 1 amide bonds. The molecule has 0 aliphatic heterocycles. The van der Waals surface area contributed by atoms with Crippen LogP contribution in [0, 0.1) is 6.07 Å². The van der Waals surface area contributed by atoms with Gasteiger partial charge in [0, 0.05) is 18.8 Å². The van der Waals surface area contributed by atoms with Gasteiger partial charge in [0.1, 0.15) is 5.75 Å². The second kappa shape index (κ2) is 4.69. The first-order chi connectivity index (χ1) is 8.15. The second-order valence-electron chi connectivity index (χ2n) is 3.62. The summed E-state index contributed by atoms with van der Waals surface area (Å²) in [6.07, 6.45) is 3.64. The van der Waals surface area contributed by atoms with Gasteiger partial charge < -0.3 is 10.5 Å². The molecule has 0 saturated carbocycles. The summed E-state index contributed by atoms with van der Waals surface area (Å²) < 4.78 is 6.92. The topological polar surface area (TPSA) is 70.1 Å². The van der Waals surface area contributed by atoms with Gasteiger partial charge in [-0.15, -0.1) is 0 Å². The average molecular weight is 230 g/mol. The molecule has 0 saturated heterocycles. The van der Waals surface area contributed by atoms with E-state index in [0.717, 1.165) is 11.1 Å². The first-order valence-corrected chi connectivity index (χ1v) is 5.06. The fraction of sp³-hybridized carbons (Fsp3) is 0.167. The Balaban J connectivity index is 2.19. The van der Waals surface area contributed by atoms with Crippen LogP contribution in [0.25, 0.3) is 11.1 Å². The number of ether oxygens (including phenoxy) is 1. The molecule has 5 heteroatoms. The molecule has 5 nitrogen and oxygen atoms in total. The molecule has 1 heterocycles. The van der Waals surface area contributed by atoms with Gasteiger partial charge in [0.05, 0.1) is 6.20 Å². The van der Waals surface area contributed by atoms with Gasteiger partial charge in [-0.05, 0) is 29.8 Å². The number of amides is 1. The van der Waals surface area contributed by atoms with Crippen molar-refractivity contribution in [3.8, 4) is 16.9 Å². The van der Waals surface area contributed by atoms with Crippen molar-refractivity contribution in [2.75, 3.05) is 6.61 Å². The van der Waals surface area contributed by atoms with Crippen molar-refractivity contribution in [2.45, 2.75) is 0 Å². The minimum absolute atomic E-state index is 0.135. The molecule has 1 aromatic heterocycles. The van der Waals surface area contributed by atoms with Gasteiger partial charge >= 0.3 is 0 Å². The van der Waals surface area contributed by atoms with Crippen molar-refractivity contribution in [1.29, 1.82) is 0 Å². The van der Waals surface area contributed by atoms with Crippen LogP contribution in [0.1, 0.15) is 0 Å². The van der Waals surface area contributed by atoms with Crippen molar-refractivity contribution >= 4 is 5.91 Å². The van der Waals surface area contributed by atoms with E-state index in [-0.39, 0.29) is 6.61 Å². The number of nitrogens with zero attached hydrogens (tertiary/aromatic N) is 2. The summed E-state index contributed by atoms with van der Waals surface area (Å²) in [6, 6.07) is 8.25. The van der Waals surface area contributed by atoms with Crippen LogP contribution in [0.4, 0.5) is 0 Å². The van der Waals surface area contributed by atoms with Crippen LogP contribution in [0.2, 0.25) is 0 Å². The number of primary amides is 1. The third-order valence-electron chi connectivity index (χ3n) is 2.18. The zero-order chi connectivity index (χ0) is 12.3.